The summed E-state index contributed by atoms with van der Waals surface area (Å²) in [5.74, 6) is 0.598. The van der Waals surface area contributed by atoms with Crippen molar-refractivity contribution in [3.63, 3.8) is 0 Å². The number of esters is 1. The Balaban J connectivity index is 1.50. The van der Waals surface area contributed by atoms with E-state index in [9.17, 15) is 4.79 Å². The number of carbonyl (C=O) groups excluding carboxylic acids is 1. The van der Waals surface area contributed by atoms with Crippen LogP contribution in [0, 0.1) is 6.92 Å². The zero-order valence-electron chi connectivity index (χ0n) is 13.3. The van der Waals surface area contributed by atoms with E-state index in [0.717, 1.165) is 24.0 Å². The van der Waals surface area contributed by atoms with Gasteiger partial charge in [0.15, 0.2) is 0 Å². The maximum Gasteiger partial charge on any atom is 0.338 e. The van der Waals surface area contributed by atoms with Gasteiger partial charge in [0.25, 0.3) is 0 Å². The number of benzene rings is 1. The lowest BCUT2D eigenvalue weighted by Crippen LogP contribution is -2.07. The molecule has 0 N–H and O–H groups in total. The Morgan fingerprint density at radius 1 is 1.17 bits per heavy atom. The molecular weight excluding hydrogens is 306 g/mol. The second kappa shape index (κ2) is 7.50. The smallest absolute Gasteiger partial charge is 0.338 e. The monoisotopic (exact) mass is 323 g/mol. The molecule has 6 heteroatoms. The number of aromatic nitrogens is 3. The minimum atomic E-state index is -0.338. The van der Waals surface area contributed by atoms with E-state index in [1.165, 1.54) is 0 Å². The second-order valence-electron chi connectivity index (χ2n) is 5.30. The number of ether oxygens (including phenoxy) is 1. The molecule has 3 aromatic rings. The number of aryl methyl sites for hydroxylation is 2. The molecule has 0 unspecified atom stereocenters. The van der Waals surface area contributed by atoms with Gasteiger partial charge in [-0.25, -0.2) is 4.79 Å². The van der Waals surface area contributed by atoms with Crippen LogP contribution in [0.5, 0.6) is 0 Å². The fourth-order valence-corrected chi connectivity index (χ4v) is 2.23. The zero-order chi connectivity index (χ0) is 16.8. The highest BCUT2D eigenvalue weighted by Gasteiger charge is 2.10. The molecule has 0 atom stereocenters. The third kappa shape index (κ3) is 4.04. The van der Waals surface area contributed by atoms with Crippen LogP contribution in [-0.4, -0.2) is 27.8 Å². The molecule has 1 aromatic carbocycles. The van der Waals surface area contributed by atoms with Crippen LogP contribution in [-0.2, 0) is 11.2 Å². The van der Waals surface area contributed by atoms with Gasteiger partial charge in [0.1, 0.15) is 0 Å². The summed E-state index contributed by atoms with van der Waals surface area (Å²) in [6, 6.07) is 10.8. The van der Waals surface area contributed by atoms with Gasteiger partial charge in [-0.3, -0.25) is 4.98 Å². The molecule has 2 heterocycles. The van der Waals surface area contributed by atoms with Crippen molar-refractivity contribution in [1.29, 1.82) is 0 Å². The first-order valence-electron chi connectivity index (χ1n) is 7.69. The molecule has 6 nitrogen and oxygen atoms in total. The SMILES string of the molecule is Cc1nnc(-c2ccc(C(=O)OCCCc3cccnc3)cc2)o1. The summed E-state index contributed by atoms with van der Waals surface area (Å²) in [5.41, 5.74) is 2.40. The van der Waals surface area contributed by atoms with Gasteiger partial charge < -0.3 is 9.15 Å². The van der Waals surface area contributed by atoms with Crippen LogP contribution >= 0.6 is 0 Å². The van der Waals surface area contributed by atoms with Gasteiger partial charge in [0.05, 0.1) is 12.2 Å². The average Bonchev–Trinajstić information content (AvgIpc) is 3.06. The lowest BCUT2D eigenvalue weighted by molar-refractivity contribution is 0.0500. The molecule has 2 aromatic heterocycles. The van der Waals surface area contributed by atoms with Crippen molar-refractivity contribution < 1.29 is 13.9 Å². The van der Waals surface area contributed by atoms with Crippen LogP contribution in [0.15, 0.2) is 53.2 Å². The molecule has 0 bridgehead atoms. The number of rotatable bonds is 6. The normalized spacial score (nSPS) is 10.5. The maximum absolute atomic E-state index is 12.0. The minimum Gasteiger partial charge on any atom is -0.462 e. The zero-order valence-corrected chi connectivity index (χ0v) is 13.3. The Hall–Kier alpha value is -3.02. The summed E-state index contributed by atoms with van der Waals surface area (Å²) in [6.07, 6.45) is 5.15. The fraction of sp³-hybridized carbons (Fsp3) is 0.222. The van der Waals surface area contributed by atoms with E-state index in [1.807, 2.05) is 18.3 Å². The largest absolute Gasteiger partial charge is 0.462 e. The highest BCUT2D eigenvalue weighted by atomic mass is 16.5. The van der Waals surface area contributed by atoms with Crippen LogP contribution in [0.3, 0.4) is 0 Å². The van der Waals surface area contributed by atoms with Crippen LogP contribution in [0.25, 0.3) is 11.5 Å². The second-order valence-corrected chi connectivity index (χ2v) is 5.30. The topological polar surface area (TPSA) is 78.1 Å². The van der Waals surface area contributed by atoms with Gasteiger partial charge in [0.2, 0.25) is 11.8 Å². The van der Waals surface area contributed by atoms with Gasteiger partial charge in [-0.2, -0.15) is 0 Å². The van der Waals surface area contributed by atoms with E-state index in [4.69, 9.17) is 9.15 Å². The number of carbonyl (C=O) groups is 1. The summed E-state index contributed by atoms with van der Waals surface area (Å²) < 4.78 is 10.6. The lowest BCUT2D eigenvalue weighted by Gasteiger charge is -2.05. The summed E-state index contributed by atoms with van der Waals surface area (Å²) in [4.78, 5) is 16.1. The molecule has 0 aliphatic rings. The highest BCUT2D eigenvalue weighted by molar-refractivity contribution is 5.89. The standard InChI is InChI=1S/C18H17N3O3/c1-13-20-21-17(24-13)15-6-8-16(9-7-15)18(22)23-11-3-5-14-4-2-10-19-12-14/h2,4,6-10,12H,3,5,11H2,1H3. The Morgan fingerprint density at radius 2 is 2.00 bits per heavy atom. The molecular formula is C18H17N3O3. The Bertz CT molecular complexity index is 798. The van der Waals surface area contributed by atoms with Gasteiger partial charge in [0, 0.05) is 24.9 Å². The van der Waals surface area contributed by atoms with Crippen molar-refractivity contribution in [3.8, 4) is 11.5 Å². The third-order valence-corrected chi connectivity index (χ3v) is 3.46. The van der Waals surface area contributed by atoms with Crippen molar-refractivity contribution >= 4 is 5.97 Å². The van der Waals surface area contributed by atoms with Gasteiger partial charge in [-0.1, -0.05) is 6.07 Å². The van der Waals surface area contributed by atoms with Crippen molar-refractivity contribution in [3.05, 3.63) is 65.8 Å². The van der Waals surface area contributed by atoms with Crippen LogP contribution in [0.2, 0.25) is 0 Å². The molecule has 0 aliphatic carbocycles. The van der Waals surface area contributed by atoms with E-state index in [0.29, 0.717) is 24.0 Å². The Morgan fingerprint density at radius 3 is 2.67 bits per heavy atom. The summed E-state index contributed by atoms with van der Waals surface area (Å²) in [7, 11) is 0. The quantitative estimate of drug-likeness (QED) is 0.512. The van der Waals surface area contributed by atoms with Gasteiger partial charge in [-0.15, -0.1) is 10.2 Å². The molecule has 24 heavy (non-hydrogen) atoms. The summed E-state index contributed by atoms with van der Waals surface area (Å²) >= 11 is 0. The van der Waals surface area contributed by atoms with Crippen LogP contribution in [0.1, 0.15) is 28.2 Å². The average molecular weight is 323 g/mol. The van der Waals surface area contributed by atoms with E-state index in [-0.39, 0.29) is 5.97 Å². The summed E-state index contributed by atoms with van der Waals surface area (Å²) in [6.45, 7) is 2.10. The molecule has 0 amide bonds. The number of nitrogens with zero attached hydrogens (tertiary/aromatic N) is 3. The predicted molar refractivity (Wildman–Crippen MR) is 87.3 cm³/mol. The molecule has 122 valence electrons. The first-order valence-corrected chi connectivity index (χ1v) is 7.69. The Kier molecular flexibility index (Phi) is 4.96. The van der Waals surface area contributed by atoms with E-state index < -0.39 is 0 Å². The number of pyridine rings is 1. The van der Waals surface area contributed by atoms with Crippen molar-refractivity contribution in [2.24, 2.45) is 0 Å². The van der Waals surface area contributed by atoms with Gasteiger partial charge >= 0.3 is 5.97 Å². The number of hydrogen-bond acceptors (Lipinski definition) is 6. The molecule has 0 fully saturated rings. The maximum atomic E-state index is 12.0. The first-order chi connectivity index (χ1) is 11.7. The molecule has 3 rings (SSSR count). The van der Waals surface area contributed by atoms with Crippen molar-refractivity contribution in [2.45, 2.75) is 19.8 Å². The Labute approximate surface area is 139 Å². The predicted octanol–water partition coefficient (Wildman–Crippen LogP) is 3.23. The first kappa shape index (κ1) is 15.9. The minimum absolute atomic E-state index is 0.338. The summed E-state index contributed by atoms with van der Waals surface area (Å²) in [5, 5.41) is 7.72. The van der Waals surface area contributed by atoms with Crippen molar-refractivity contribution in [1.82, 2.24) is 15.2 Å². The van der Waals surface area contributed by atoms with Crippen LogP contribution in [0.4, 0.5) is 0 Å². The lowest BCUT2D eigenvalue weighted by atomic mass is 10.1. The van der Waals surface area contributed by atoms with Crippen LogP contribution < -0.4 is 0 Å². The van der Waals surface area contributed by atoms with E-state index >= 15 is 0 Å². The highest BCUT2D eigenvalue weighted by Crippen LogP contribution is 2.18. The van der Waals surface area contributed by atoms with Crippen molar-refractivity contribution in [2.75, 3.05) is 6.61 Å². The third-order valence-electron chi connectivity index (χ3n) is 3.46. The van der Waals surface area contributed by atoms with E-state index in [1.54, 1.807) is 37.4 Å². The molecule has 0 aliphatic heterocycles. The molecule has 0 saturated carbocycles. The molecule has 0 saturated heterocycles. The van der Waals surface area contributed by atoms with Gasteiger partial charge in [-0.05, 0) is 48.7 Å². The molecule has 0 radical (unpaired) electrons. The van der Waals surface area contributed by atoms with E-state index in [2.05, 4.69) is 15.2 Å². The fourth-order valence-electron chi connectivity index (χ4n) is 2.23. The molecule has 0 spiro atoms. The number of hydrogen-bond donors (Lipinski definition) is 0.